The zero-order valence-corrected chi connectivity index (χ0v) is 25.5. The molecule has 9 heteroatoms. The number of hydrogen-bond donors (Lipinski definition) is 1. The number of benzene rings is 3. The van der Waals surface area contributed by atoms with Crippen molar-refractivity contribution in [2.24, 2.45) is 5.92 Å². The number of carbonyl (C=O) groups is 2. The van der Waals surface area contributed by atoms with E-state index in [0.717, 1.165) is 28.9 Å². The molecule has 4 atom stereocenters. The van der Waals surface area contributed by atoms with Crippen LogP contribution in [0.15, 0.2) is 66.7 Å². The first kappa shape index (κ1) is 28.6. The molecule has 1 saturated heterocycles. The second-order valence-corrected chi connectivity index (χ2v) is 15.9. The van der Waals surface area contributed by atoms with Gasteiger partial charge in [-0.1, -0.05) is 37.3 Å². The van der Waals surface area contributed by atoms with E-state index in [-0.39, 0.29) is 31.4 Å². The fraction of sp³-hybridized carbons (Fsp3) is 0.394. The lowest BCUT2D eigenvalue weighted by molar-refractivity contribution is -0.146. The van der Waals surface area contributed by atoms with Crippen molar-refractivity contribution >= 4 is 37.3 Å². The highest BCUT2D eigenvalue weighted by Crippen LogP contribution is 2.60. The van der Waals surface area contributed by atoms with E-state index in [2.05, 4.69) is 6.07 Å². The van der Waals surface area contributed by atoms with E-state index in [1.807, 2.05) is 67.6 Å². The van der Waals surface area contributed by atoms with Crippen LogP contribution in [0.3, 0.4) is 0 Å². The molecule has 3 aliphatic rings. The lowest BCUT2D eigenvalue weighted by Crippen LogP contribution is -2.45. The molecule has 220 valence electrons. The summed E-state index contributed by atoms with van der Waals surface area (Å²) in [4.78, 5) is 30.8. The van der Waals surface area contributed by atoms with Gasteiger partial charge in [-0.2, -0.15) is 0 Å². The van der Waals surface area contributed by atoms with Gasteiger partial charge in [0.15, 0.2) is 5.60 Å². The molecule has 0 saturated carbocycles. The fourth-order valence-corrected chi connectivity index (χ4v) is 9.89. The number of carbonyl (C=O) groups excluding carboxylic acids is 2. The van der Waals surface area contributed by atoms with Gasteiger partial charge in [0.05, 0.1) is 31.1 Å². The Morgan fingerprint density at radius 3 is 2.48 bits per heavy atom. The number of aliphatic hydroxyl groups is 1. The van der Waals surface area contributed by atoms with Crippen molar-refractivity contribution in [2.45, 2.75) is 63.1 Å². The van der Waals surface area contributed by atoms with Crippen LogP contribution in [-0.2, 0) is 32.9 Å². The van der Waals surface area contributed by atoms with E-state index >= 15 is 4.11 Å². The van der Waals surface area contributed by atoms with Crippen LogP contribution >= 0.6 is 0 Å². The zero-order valence-electron chi connectivity index (χ0n) is 24.5. The average Bonchev–Trinajstić information content (AvgIpc) is 3.40. The van der Waals surface area contributed by atoms with Crippen molar-refractivity contribution in [3.63, 3.8) is 0 Å². The molecule has 3 aliphatic heterocycles. The van der Waals surface area contributed by atoms with Crippen LogP contribution in [0.25, 0.3) is 0 Å². The molecule has 42 heavy (non-hydrogen) atoms. The van der Waals surface area contributed by atoms with Crippen LogP contribution in [0.4, 0.5) is 21.2 Å². The number of methoxy groups -OCH3 is 1. The van der Waals surface area contributed by atoms with Gasteiger partial charge in [0.1, 0.15) is 5.75 Å². The summed E-state index contributed by atoms with van der Waals surface area (Å²) < 4.78 is 27.9. The number of ether oxygens (including phenoxy) is 2. The molecule has 0 aliphatic carbocycles. The summed E-state index contributed by atoms with van der Waals surface area (Å²) >= 11 is 0. The van der Waals surface area contributed by atoms with E-state index in [1.165, 1.54) is 0 Å². The molecule has 2 amide bonds. The number of para-hydroxylation sites is 1. The van der Waals surface area contributed by atoms with Gasteiger partial charge in [-0.25, -0.2) is 0 Å². The summed E-state index contributed by atoms with van der Waals surface area (Å²) in [5.74, 6) is -0.0178. The number of aliphatic hydroxyl groups excluding tert-OH is 1. The minimum atomic E-state index is -3.27. The monoisotopic (exact) mass is 588 g/mol. The third-order valence-electron chi connectivity index (χ3n) is 9.21. The van der Waals surface area contributed by atoms with Gasteiger partial charge in [-0.3, -0.25) is 14.5 Å². The normalized spacial score (nSPS) is 25.2. The quantitative estimate of drug-likeness (QED) is 0.270. The van der Waals surface area contributed by atoms with Crippen molar-refractivity contribution in [3.8, 4) is 5.75 Å². The van der Waals surface area contributed by atoms with Crippen molar-refractivity contribution < 1.29 is 28.3 Å². The van der Waals surface area contributed by atoms with Crippen LogP contribution in [0.5, 0.6) is 5.75 Å². The lowest BCUT2D eigenvalue weighted by atomic mass is 9.82. The minimum absolute atomic E-state index is 0.0553. The highest BCUT2D eigenvalue weighted by Gasteiger charge is 2.66. The molecule has 3 aromatic rings. The molecule has 0 aromatic heterocycles. The van der Waals surface area contributed by atoms with E-state index in [0.29, 0.717) is 23.4 Å². The van der Waals surface area contributed by atoms with Gasteiger partial charge >= 0.3 is 0 Å². The van der Waals surface area contributed by atoms with Crippen LogP contribution in [-0.4, -0.2) is 45.1 Å². The summed E-state index contributed by atoms with van der Waals surface area (Å²) in [5, 5.41) is 9.78. The first-order chi connectivity index (χ1) is 20.1. The Bertz CT molecular complexity index is 1520. The number of rotatable bonds is 7. The van der Waals surface area contributed by atoms with Gasteiger partial charge in [0, 0.05) is 35.7 Å². The van der Waals surface area contributed by atoms with Crippen LogP contribution in [0.1, 0.15) is 36.5 Å². The van der Waals surface area contributed by atoms with Crippen molar-refractivity contribution in [1.29, 1.82) is 0 Å². The van der Waals surface area contributed by atoms with Gasteiger partial charge in [-0.15, -0.1) is 0 Å². The fourth-order valence-electron chi connectivity index (χ4n) is 7.35. The van der Waals surface area contributed by atoms with Crippen molar-refractivity contribution in [3.05, 3.63) is 83.4 Å². The van der Waals surface area contributed by atoms with Crippen LogP contribution in [0, 0.1) is 5.92 Å². The number of aryl methyl sites for hydroxylation is 1. The Labute approximate surface area is 247 Å². The van der Waals surface area contributed by atoms with Gasteiger partial charge in [-0.05, 0) is 73.5 Å². The number of nitrogens with zero attached hydrogens (tertiary/aromatic N) is 2. The number of anilines is 3. The Morgan fingerprint density at radius 2 is 1.79 bits per heavy atom. The molecule has 3 heterocycles. The third kappa shape index (κ3) is 4.46. The third-order valence-corrected chi connectivity index (χ3v) is 11.7. The molecule has 0 bridgehead atoms. The lowest BCUT2D eigenvalue weighted by Gasteiger charge is -2.31. The molecule has 1 N–H and O–H groups in total. The minimum Gasteiger partial charge on any atom is -0.497 e. The SMILES string of the molecule is COc1ccc2c(c1)[C@]1(O[C@@H](CCO)[C@H]([Si](C)(C)F)[C@H]1C)C(=O)N2Cc1ccc(N2C(=O)CCc3ccccc32)cc1. The van der Waals surface area contributed by atoms with Crippen molar-refractivity contribution in [2.75, 3.05) is 23.5 Å². The number of amides is 2. The predicted molar refractivity (Wildman–Crippen MR) is 162 cm³/mol. The van der Waals surface area contributed by atoms with Crippen molar-refractivity contribution in [1.82, 2.24) is 0 Å². The molecule has 0 radical (unpaired) electrons. The zero-order chi connectivity index (χ0) is 29.8. The topological polar surface area (TPSA) is 79.3 Å². The number of hydrogen-bond acceptors (Lipinski definition) is 5. The molecule has 1 fully saturated rings. The highest BCUT2D eigenvalue weighted by atomic mass is 28.4. The summed E-state index contributed by atoms with van der Waals surface area (Å²) in [6.07, 6.45) is 0.890. The molecule has 7 nitrogen and oxygen atoms in total. The van der Waals surface area contributed by atoms with Gasteiger partial charge in [0.25, 0.3) is 5.91 Å². The summed E-state index contributed by atoms with van der Waals surface area (Å²) in [7, 11) is -1.70. The van der Waals surface area contributed by atoms with Crippen LogP contribution in [0.2, 0.25) is 18.6 Å². The molecule has 6 rings (SSSR count). The number of halogens is 1. The first-order valence-electron chi connectivity index (χ1n) is 14.6. The maximum absolute atomic E-state index is 15.8. The maximum atomic E-state index is 15.8. The van der Waals surface area contributed by atoms with Gasteiger partial charge < -0.3 is 23.6 Å². The second-order valence-electron chi connectivity index (χ2n) is 12.1. The second kappa shape index (κ2) is 10.6. The number of fused-ring (bicyclic) bond motifs is 3. The van der Waals surface area contributed by atoms with E-state index in [1.54, 1.807) is 30.0 Å². The van der Waals surface area contributed by atoms with E-state index in [4.69, 9.17) is 9.47 Å². The smallest absolute Gasteiger partial charge is 0.264 e. The summed E-state index contributed by atoms with van der Waals surface area (Å²) in [5.41, 5.74) is 3.27. The predicted octanol–water partition coefficient (Wildman–Crippen LogP) is 6.01. The maximum Gasteiger partial charge on any atom is 0.264 e. The Hall–Kier alpha value is -3.53. The molecule has 0 unspecified atom stereocenters. The highest BCUT2D eigenvalue weighted by molar-refractivity contribution is 6.72. The average molecular weight is 589 g/mol. The molecular weight excluding hydrogens is 551 g/mol. The van der Waals surface area contributed by atoms with Crippen LogP contribution < -0.4 is 14.5 Å². The molecule has 1 spiro atoms. The Balaban J connectivity index is 1.35. The van der Waals surface area contributed by atoms with E-state index < -0.39 is 31.6 Å². The summed E-state index contributed by atoms with van der Waals surface area (Å²) in [6, 6.07) is 21.2. The first-order valence-corrected chi connectivity index (χ1v) is 17.5. The summed E-state index contributed by atoms with van der Waals surface area (Å²) in [6.45, 7) is 5.35. The standard InChI is InChI=1S/C33H37FN2O5Si/c1-21-31(42(3,4)34)29(17-18-37)41-33(21)26-19-25(40-2)14-15-28(26)35(32(33)39)20-22-9-12-24(13-10-22)36-27-8-6-5-7-23(27)11-16-30(36)38/h5-10,12-15,19,21,29,31,37H,11,16-18,20H2,1-4H3/t21-,29+,31-,33+/m1/s1. The largest absolute Gasteiger partial charge is 0.497 e. The van der Waals surface area contributed by atoms with E-state index in [9.17, 15) is 14.7 Å². The van der Waals surface area contributed by atoms with Gasteiger partial charge in [0.2, 0.25) is 14.3 Å². The Morgan fingerprint density at radius 1 is 1.05 bits per heavy atom. The molecular formula is C33H37FN2O5Si. The molecule has 3 aromatic carbocycles. The Kier molecular flexibility index (Phi) is 7.23.